The molecule has 2 saturated heterocycles. The summed E-state index contributed by atoms with van der Waals surface area (Å²) in [5.74, 6) is 0.995. The lowest BCUT2D eigenvalue weighted by molar-refractivity contribution is 0.0567. The molecule has 7 heteroatoms. The highest BCUT2D eigenvalue weighted by Gasteiger charge is 2.36. The van der Waals surface area contributed by atoms with Crippen molar-refractivity contribution in [3.8, 4) is 27.4 Å². The number of hydrogen-bond acceptors (Lipinski definition) is 7. The molecule has 6 rings (SSSR count). The Labute approximate surface area is 249 Å². The molecule has 3 aromatic rings. The molecule has 1 spiro atoms. The number of piperidine rings is 2. The number of hydrogen-bond donors (Lipinski definition) is 2. The van der Waals surface area contributed by atoms with Gasteiger partial charge in [-0.25, -0.2) is 4.98 Å². The van der Waals surface area contributed by atoms with Crippen LogP contribution in [0.15, 0.2) is 36.4 Å². The minimum atomic E-state index is 0.210. The van der Waals surface area contributed by atoms with Crippen LogP contribution in [0.3, 0.4) is 0 Å². The maximum absolute atomic E-state index is 9.36. The third kappa shape index (κ3) is 6.40. The molecule has 2 fully saturated rings. The summed E-state index contributed by atoms with van der Waals surface area (Å²) >= 11 is 1.81. The lowest BCUT2D eigenvalue weighted by atomic mass is 9.73. The number of rotatable bonds is 9. The Hall–Kier alpha value is -2.29. The molecule has 6 nitrogen and oxygen atoms in total. The van der Waals surface area contributed by atoms with E-state index < -0.39 is 0 Å². The van der Waals surface area contributed by atoms with Gasteiger partial charge in [-0.1, -0.05) is 30.3 Å². The Morgan fingerprint density at radius 2 is 1.73 bits per heavy atom. The Morgan fingerprint density at radius 1 is 0.951 bits per heavy atom. The van der Waals surface area contributed by atoms with Gasteiger partial charge in [-0.2, -0.15) is 0 Å². The number of nitrogens with zero attached hydrogens (tertiary/aromatic N) is 3. The van der Waals surface area contributed by atoms with Crippen LogP contribution in [-0.2, 0) is 13.0 Å². The number of aliphatic hydroxyl groups excluding tert-OH is 1. The number of nitrogens with one attached hydrogen (secondary N) is 1. The SMILES string of the molecule is Cc1c(OCCCN2CCCC3(CCNCC3)C2)cccc1-c1cccc(-c2nc3c(s2)CN(CCO)CC3)c1C. The van der Waals surface area contributed by atoms with Crippen LogP contribution < -0.4 is 10.1 Å². The molecule has 0 bridgehead atoms. The lowest BCUT2D eigenvalue weighted by Crippen LogP contribution is -2.48. The van der Waals surface area contributed by atoms with Gasteiger partial charge < -0.3 is 20.1 Å². The predicted octanol–water partition coefficient (Wildman–Crippen LogP) is 5.68. The fourth-order valence-electron chi connectivity index (χ4n) is 7.25. The average molecular weight is 575 g/mol. The topological polar surface area (TPSA) is 60.9 Å². The summed E-state index contributed by atoms with van der Waals surface area (Å²) in [6, 6.07) is 13.1. The van der Waals surface area contributed by atoms with Crippen molar-refractivity contribution in [3.05, 3.63) is 58.1 Å². The second-order valence-corrected chi connectivity index (χ2v) is 13.5. The van der Waals surface area contributed by atoms with E-state index in [-0.39, 0.29) is 6.61 Å². The zero-order valence-electron chi connectivity index (χ0n) is 24.9. The number of likely N-dealkylation sites (tertiary alicyclic amines) is 1. The number of aliphatic hydroxyl groups is 1. The smallest absolute Gasteiger partial charge is 0.124 e. The molecule has 4 heterocycles. The first-order valence-corrected chi connectivity index (χ1v) is 16.4. The summed E-state index contributed by atoms with van der Waals surface area (Å²) in [5.41, 5.74) is 7.96. The predicted molar refractivity (Wildman–Crippen MR) is 169 cm³/mol. The molecule has 3 aliphatic rings. The standard InChI is InChI=1S/C34H46N4O2S/c1-25-27(7-3-9-29(25)33-36-30-11-19-37(20-21-39)23-32(30)41-33)28-8-4-10-31(26(28)2)40-22-6-18-38-17-5-12-34(24-38)13-15-35-16-14-34/h3-4,7-10,35,39H,5-6,11-24H2,1-2H3. The number of ether oxygens (including phenoxy) is 1. The molecule has 1 aromatic heterocycles. The number of thiazole rings is 1. The number of β-amino-alcohol motifs (C(OH)–C–C–N with tert-alkyl or cyclic N) is 1. The first-order valence-electron chi connectivity index (χ1n) is 15.6. The molecule has 0 amide bonds. The minimum Gasteiger partial charge on any atom is -0.493 e. The molecule has 0 aliphatic carbocycles. The Bertz CT molecular complexity index is 1330. The van der Waals surface area contributed by atoms with Crippen LogP contribution in [0.1, 0.15) is 53.8 Å². The van der Waals surface area contributed by atoms with E-state index in [1.54, 1.807) is 0 Å². The molecule has 41 heavy (non-hydrogen) atoms. The molecule has 0 saturated carbocycles. The van der Waals surface area contributed by atoms with Crippen molar-refractivity contribution in [3.63, 3.8) is 0 Å². The highest BCUT2D eigenvalue weighted by molar-refractivity contribution is 7.15. The van der Waals surface area contributed by atoms with Gasteiger partial charge in [0.15, 0.2) is 0 Å². The van der Waals surface area contributed by atoms with Gasteiger partial charge in [0.25, 0.3) is 0 Å². The van der Waals surface area contributed by atoms with E-state index in [2.05, 4.69) is 65.4 Å². The van der Waals surface area contributed by atoms with E-state index in [4.69, 9.17) is 9.72 Å². The van der Waals surface area contributed by atoms with Gasteiger partial charge in [-0.3, -0.25) is 4.90 Å². The van der Waals surface area contributed by atoms with Gasteiger partial charge in [-0.15, -0.1) is 11.3 Å². The van der Waals surface area contributed by atoms with Crippen molar-refractivity contribution < 1.29 is 9.84 Å². The fraction of sp³-hybridized carbons (Fsp3) is 0.559. The van der Waals surface area contributed by atoms with Gasteiger partial charge in [-0.05, 0) is 99.3 Å². The highest BCUT2D eigenvalue weighted by Crippen LogP contribution is 2.40. The van der Waals surface area contributed by atoms with E-state index in [0.29, 0.717) is 5.41 Å². The normalized spacial score (nSPS) is 19.4. The third-order valence-corrected chi connectivity index (χ3v) is 10.8. The second-order valence-electron chi connectivity index (χ2n) is 12.4. The second kappa shape index (κ2) is 12.9. The highest BCUT2D eigenvalue weighted by atomic mass is 32.1. The quantitative estimate of drug-likeness (QED) is 0.321. The van der Waals surface area contributed by atoms with Gasteiger partial charge in [0.05, 0.1) is 18.9 Å². The fourth-order valence-corrected chi connectivity index (χ4v) is 8.49. The average Bonchev–Trinajstić information content (AvgIpc) is 3.40. The van der Waals surface area contributed by atoms with E-state index in [1.807, 2.05) is 11.3 Å². The Kier molecular flexibility index (Phi) is 9.08. The van der Waals surface area contributed by atoms with Crippen molar-refractivity contribution in [1.29, 1.82) is 0 Å². The summed E-state index contributed by atoms with van der Waals surface area (Å²) in [4.78, 5) is 11.4. The van der Waals surface area contributed by atoms with Crippen molar-refractivity contribution in [2.75, 3.05) is 59.0 Å². The van der Waals surface area contributed by atoms with Crippen molar-refractivity contribution in [2.45, 2.75) is 58.9 Å². The minimum absolute atomic E-state index is 0.210. The summed E-state index contributed by atoms with van der Waals surface area (Å²) in [5, 5.41) is 14.0. The lowest BCUT2D eigenvalue weighted by Gasteiger charge is -2.45. The van der Waals surface area contributed by atoms with Crippen molar-refractivity contribution >= 4 is 11.3 Å². The first kappa shape index (κ1) is 28.8. The van der Waals surface area contributed by atoms with Crippen LogP contribution in [0.2, 0.25) is 0 Å². The molecular weight excluding hydrogens is 528 g/mol. The van der Waals surface area contributed by atoms with E-state index in [9.17, 15) is 5.11 Å². The van der Waals surface area contributed by atoms with Crippen LogP contribution in [0, 0.1) is 19.3 Å². The zero-order valence-corrected chi connectivity index (χ0v) is 25.7. The number of aromatic nitrogens is 1. The van der Waals surface area contributed by atoms with Gasteiger partial charge in [0.1, 0.15) is 10.8 Å². The Morgan fingerprint density at radius 3 is 2.56 bits per heavy atom. The maximum atomic E-state index is 9.36. The van der Waals surface area contributed by atoms with Crippen molar-refractivity contribution in [2.24, 2.45) is 5.41 Å². The summed E-state index contributed by atoms with van der Waals surface area (Å²) in [7, 11) is 0. The molecule has 220 valence electrons. The largest absolute Gasteiger partial charge is 0.493 e. The van der Waals surface area contributed by atoms with Crippen LogP contribution in [0.25, 0.3) is 21.7 Å². The molecule has 0 radical (unpaired) electrons. The van der Waals surface area contributed by atoms with Gasteiger partial charge in [0, 0.05) is 49.6 Å². The molecule has 0 atom stereocenters. The summed E-state index contributed by atoms with van der Waals surface area (Å²) < 4.78 is 6.40. The molecule has 2 N–H and O–H groups in total. The molecule has 2 aromatic carbocycles. The molecule has 3 aliphatic heterocycles. The van der Waals surface area contributed by atoms with Crippen LogP contribution in [-0.4, -0.2) is 78.9 Å². The molecule has 0 unspecified atom stereocenters. The molecular formula is C34H46N4O2S. The summed E-state index contributed by atoms with van der Waals surface area (Å²) in [6.45, 7) is 14.0. The van der Waals surface area contributed by atoms with Gasteiger partial charge in [0.2, 0.25) is 0 Å². The summed E-state index contributed by atoms with van der Waals surface area (Å²) in [6.07, 6.45) is 7.44. The number of benzene rings is 2. The van der Waals surface area contributed by atoms with E-state index in [0.717, 1.165) is 56.4 Å². The van der Waals surface area contributed by atoms with Crippen LogP contribution in [0.4, 0.5) is 0 Å². The van der Waals surface area contributed by atoms with Crippen molar-refractivity contribution in [1.82, 2.24) is 20.1 Å². The number of fused-ring (bicyclic) bond motifs is 1. The van der Waals surface area contributed by atoms with Crippen LogP contribution in [0.5, 0.6) is 5.75 Å². The van der Waals surface area contributed by atoms with E-state index >= 15 is 0 Å². The monoisotopic (exact) mass is 574 g/mol. The Balaban J connectivity index is 1.11. The van der Waals surface area contributed by atoms with Gasteiger partial charge >= 0.3 is 0 Å². The van der Waals surface area contributed by atoms with Crippen LogP contribution >= 0.6 is 11.3 Å². The maximum Gasteiger partial charge on any atom is 0.124 e. The third-order valence-electron chi connectivity index (χ3n) is 9.65. The first-order chi connectivity index (χ1) is 20.0. The zero-order chi connectivity index (χ0) is 28.2. The van der Waals surface area contributed by atoms with E-state index in [1.165, 1.54) is 90.3 Å².